The molecule has 3 heterocycles. The lowest BCUT2D eigenvalue weighted by Crippen LogP contribution is -2.24. The van der Waals surface area contributed by atoms with Gasteiger partial charge in [0.25, 0.3) is 0 Å². The largest absolute Gasteiger partial charge is 0.399 e. The fourth-order valence-electron chi connectivity index (χ4n) is 3.60. The number of nitrogens with zero attached hydrogens (tertiary/aromatic N) is 3. The Labute approximate surface area is 137 Å². The van der Waals surface area contributed by atoms with Crippen molar-refractivity contribution in [2.24, 2.45) is 0 Å². The molecule has 0 aliphatic carbocycles. The maximum Gasteiger partial charge on any atom is 0.137 e. The molecule has 2 aromatic rings. The normalized spacial score (nSPS) is 19.3. The zero-order valence-corrected chi connectivity index (χ0v) is 13.8. The highest BCUT2D eigenvalue weighted by Gasteiger charge is 2.19. The lowest BCUT2D eigenvalue weighted by atomic mass is 10.0. The Kier molecular flexibility index (Phi) is 3.69. The number of fused-ring (bicyclic) bond motifs is 1. The first-order valence-corrected chi connectivity index (χ1v) is 8.54. The highest BCUT2D eigenvalue weighted by Crippen LogP contribution is 2.32. The van der Waals surface area contributed by atoms with Gasteiger partial charge in [0, 0.05) is 37.3 Å². The average Bonchev–Trinajstić information content (AvgIpc) is 3.08. The van der Waals surface area contributed by atoms with E-state index in [1.165, 1.54) is 29.2 Å². The summed E-state index contributed by atoms with van der Waals surface area (Å²) in [4.78, 5) is 9.82. The topological polar surface area (TPSA) is 45.4 Å². The maximum atomic E-state index is 6.02. The van der Waals surface area contributed by atoms with Crippen molar-refractivity contribution in [2.75, 3.05) is 43.9 Å². The van der Waals surface area contributed by atoms with Gasteiger partial charge in [0.2, 0.25) is 0 Å². The van der Waals surface area contributed by atoms with Crippen LogP contribution >= 0.6 is 0 Å². The van der Waals surface area contributed by atoms with Crippen molar-refractivity contribution >= 4 is 27.9 Å². The Balaban J connectivity index is 1.85. The summed E-state index contributed by atoms with van der Waals surface area (Å²) in [5.74, 6) is 1.13. The second-order valence-electron chi connectivity index (χ2n) is 6.75. The van der Waals surface area contributed by atoms with Crippen molar-refractivity contribution in [3.8, 4) is 0 Å². The van der Waals surface area contributed by atoms with Crippen LogP contribution in [0.25, 0.3) is 16.3 Å². The van der Waals surface area contributed by atoms with Gasteiger partial charge in [0.1, 0.15) is 5.82 Å². The molecule has 4 nitrogen and oxygen atoms in total. The van der Waals surface area contributed by atoms with Crippen LogP contribution in [0.4, 0.5) is 11.5 Å². The van der Waals surface area contributed by atoms with E-state index in [-0.39, 0.29) is 0 Å². The molecule has 0 unspecified atom stereocenters. The summed E-state index contributed by atoms with van der Waals surface area (Å²) in [6.07, 6.45) is 5.90. The van der Waals surface area contributed by atoms with Gasteiger partial charge in [-0.25, -0.2) is 4.98 Å². The lowest BCUT2D eigenvalue weighted by Gasteiger charge is -2.24. The third kappa shape index (κ3) is 2.79. The Morgan fingerprint density at radius 2 is 1.91 bits per heavy atom. The second kappa shape index (κ2) is 5.85. The van der Waals surface area contributed by atoms with Crippen LogP contribution in [0, 0.1) is 0 Å². The molecular weight excluding hydrogens is 284 g/mol. The summed E-state index contributed by atoms with van der Waals surface area (Å²) in [5.41, 5.74) is 9.33. The molecule has 0 amide bonds. The van der Waals surface area contributed by atoms with Crippen LogP contribution in [0.15, 0.2) is 30.3 Å². The summed E-state index contributed by atoms with van der Waals surface area (Å²) in [5, 5.41) is 2.43. The van der Waals surface area contributed by atoms with Gasteiger partial charge in [-0.05, 0) is 61.5 Å². The quantitative estimate of drug-likeness (QED) is 0.866. The molecule has 0 radical (unpaired) electrons. The number of aromatic nitrogens is 1. The Morgan fingerprint density at radius 3 is 2.65 bits per heavy atom. The summed E-state index contributed by atoms with van der Waals surface area (Å²) >= 11 is 0. The van der Waals surface area contributed by atoms with Crippen LogP contribution in [0.5, 0.6) is 0 Å². The number of pyridine rings is 1. The van der Waals surface area contributed by atoms with Crippen molar-refractivity contribution in [3.63, 3.8) is 0 Å². The SMILES string of the molecule is CN1CC=C(c2cc3cc(N)ccc3c(N3CCCC3)n2)CC1. The molecule has 0 bridgehead atoms. The van der Waals surface area contributed by atoms with Crippen LogP contribution in [0.3, 0.4) is 0 Å². The molecule has 1 aromatic heterocycles. The highest BCUT2D eigenvalue weighted by atomic mass is 15.2. The van der Waals surface area contributed by atoms with Crippen molar-refractivity contribution in [1.29, 1.82) is 0 Å². The van der Waals surface area contributed by atoms with E-state index in [4.69, 9.17) is 10.7 Å². The fraction of sp³-hybridized carbons (Fsp3) is 0.421. The van der Waals surface area contributed by atoms with Crippen LogP contribution < -0.4 is 10.6 Å². The zero-order valence-electron chi connectivity index (χ0n) is 13.8. The average molecular weight is 308 g/mol. The number of likely N-dealkylation sites (N-methyl/N-ethyl adjacent to an activating group) is 1. The minimum Gasteiger partial charge on any atom is -0.399 e. The van der Waals surface area contributed by atoms with Crippen LogP contribution in [0.1, 0.15) is 25.0 Å². The molecule has 0 spiro atoms. The number of rotatable bonds is 2. The van der Waals surface area contributed by atoms with Crippen LogP contribution in [-0.2, 0) is 0 Å². The third-order valence-corrected chi connectivity index (χ3v) is 4.98. The second-order valence-corrected chi connectivity index (χ2v) is 6.75. The number of hydrogen-bond donors (Lipinski definition) is 1. The molecule has 1 aromatic carbocycles. The first kappa shape index (κ1) is 14.5. The highest BCUT2D eigenvalue weighted by molar-refractivity contribution is 5.96. The molecular formula is C19H24N4. The molecule has 4 heteroatoms. The van der Waals surface area contributed by atoms with Crippen LogP contribution in [-0.4, -0.2) is 43.1 Å². The number of hydrogen-bond acceptors (Lipinski definition) is 4. The standard InChI is InChI=1S/C19H24N4/c1-22-10-6-14(7-11-22)18-13-15-12-16(20)4-5-17(15)19(21-18)23-8-2-3-9-23/h4-6,12-13H,2-3,7-11,20H2,1H3. The molecule has 2 N–H and O–H groups in total. The van der Waals surface area contributed by atoms with Gasteiger partial charge >= 0.3 is 0 Å². The maximum absolute atomic E-state index is 6.02. The fourth-order valence-corrected chi connectivity index (χ4v) is 3.60. The molecule has 4 rings (SSSR count). The zero-order chi connectivity index (χ0) is 15.8. The predicted molar refractivity (Wildman–Crippen MR) is 97.7 cm³/mol. The first-order valence-electron chi connectivity index (χ1n) is 8.54. The van der Waals surface area contributed by atoms with Gasteiger partial charge in [-0.1, -0.05) is 6.08 Å². The Morgan fingerprint density at radius 1 is 1.09 bits per heavy atom. The molecule has 23 heavy (non-hydrogen) atoms. The molecule has 120 valence electrons. The smallest absolute Gasteiger partial charge is 0.137 e. The van der Waals surface area contributed by atoms with Crippen molar-refractivity contribution in [2.45, 2.75) is 19.3 Å². The Bertz CT molecular complexity index is 759. The monoisotopic (exact) mass is 308 g/mol. The molecule has 2 aliphatic rings. The summed E-state index contributed by atoms with van der Waals surface area (Å²) < 4.78 is 0. The number of nitrogen functional groups attached to an aromatic ring is 1. The van der Waals surface area contributed by atoms with E-state index in [2.05, 4.69) is 41.1 Å². The van der Waals surface area contributed by atoms with E-state index in [1.54, 1.807) is 0 Å². The molecule has 0 atom stereocenters. The summed E-state index contributed by atoms with van der Waals surface area (Å²) in [6.45, 7) is 4.32. The summed E-state index contributed by atoms with van der Waals surface area (Å²) in [7, 11) is 2.16. The van der Waals surface area contributed by atoms with E-state index in [0.717, 1.165) is 49.8 Å². The van der Waals surface area contributed by atoms with Gasteiger partial charge in [-0.3, -0.25) is 0 Å². The third-order valence-electron chi connectivity index (χ3n) is 4.98. The van der Waals surface area contributed by atoms with E-state index in [0.29, 0.717) is 0 Å². The molecule has 0 saturated carbocycles. The van der Waals surface area contributed by atoms with E-state index < -0.39 is 0 Å². The van der Waals surface area contributed by atoms with Gasteiger partial charge < -0.3 is 15.5 Å². The van der Waals surface area contributed by atoms with E-state index >= 15 is 0 Å². The van der Waals surface area contributed by atoms with Gasteiger partial charge in [-0.15, -0.1) is 0 Å². The molecule has 1 fully saturated rings. The van der Waals surface area contributed by atoms with E-state index in [1.807, 2.05) is 6.07 Å². The molecule has 1 saturated heterocycles. The number of nitrogens with two attached hydrogens (primary N) is 1. The Hall–Kier alpha value is -2.07. The first-order chi connectivity index (χ1) is 11.2. The van der Waals surface area contributed by atoms with Gasteiger partial charge in [0.05, 0.1) is 5.69 Å². The van der Waals surface area contributed by atoms with Crippen LogP contribution in [0.2, 0.25) is 0 Å². The predicted octanol–water partition coefficient (Wildman–Crippen LogP) is 3.14. The van der Waals surface area contributed by atoms with Crippen molar-refractivity contribution < 1.29 is 0 Å². The molecule has 2 aliphatic heterocycles. The lowest BCUT2D eigenvalue weighted by molar-refractivity contribution is 0.370. The van der Waals surface area contributed by atoms with Gasteiger partial charge in [-0.2, -0.15) is 0 Å². The van der Waals surface area contributed by atoms with Gasteiger partial charge in [0.15, 0.2) is 0 Å². The number of benzene rings is 1. The van der Waals surface area contributed by atoms with Crippen molar-refractivity contribution in [1.82, 2.24) is 9.88 Å². The summed E-state index contributed by atoms with van der Waals surface area (Å²) in [6, 6.07) is 8.40. The van der Waals surface area contributed by atoms with Crippen molar-refractivity contribution in [3.05, 3.63) is 36.0 Å². The number of anilines is 2. The minimum atomic E-state index is 0.819. The minimum absolute atomic E-state index is 0.819. The van der Waals surface area contributed by atoms with E-state index in [9.17, 15) is 0 Å².